The van der Waals surface area contributed by atoms with E-state index < -0.39 is 12.1 Å². The first-order valence-corrected chi connectivity index (χ1v) is 9.06. The number of ketones is 1. The second kappa shape index (κ2) is 7.83. The first-order valence-electron chi connectivity index (χ1n) is 8.27. The zero-order valence-electron chi connectivity index (χ0n) is 14.0. The Labute approximate surface area is 155 Å². The second-order valence-electron chi connectivity index (χ2n) is 6.08. The van der Waals surface area contributed by atoms with Gasteiger partial charge in [-0.05, 0) is 61.6 Å². The molecule has 0 radical (unpaired) electrons. The molecule has 1 aliphatic rings. The van der Waals surface area contributed by atoms with Crippen LogP contribution in [0, 0.1) is 0 Å². The van der Waals surface area contributed by atoms with Gasteiger partial charge in [0.05, 0.1) is 0 Å². The second-order valence-corrected chi connectivity index (χ2v) is 6.99. The third-order valence-electron chi connectivity index (χ3n) is 4.23. The van der Waals surface area contributed by atoms with Crippen molar-refractivity contribution >= 4 is 27.7 Å². The number of benzene rings is 2. The third-order valence-corrected chi connectivity index (χ3v) is 4.76. The number of esters is 1. The molecule has 0 spiro atoms. The summed E-state index contributed by atoms with van der Waals surface area (Å²) in [7, 11) is 0. The standard InChI is InChI=1S/C20H19BrO4/c1-13(20(23)15-5-8-17(21)9-6-15)25-19(22)12-24-18-10-7-14-3-2-4-16(14)11-18/h5-11,13H,2-4,12H2,1H3/t13-/m1/s1. The van der Waals surface area contributed by atoms with Gasteiger partial charge in [0.25, 0.3) is 0 Å². The van der Waals surface area contributed by atoms with Crippen LogP contribution in [0.4, 0.5) is 0 Å². The van der Waals surface area contributed by atoms with E-state index in [0.29, 0.717) is 11.3 Å². The van der Waals surface area contributed by atoms with E-state index in [1.807, 2.05) is 18.2 Å². The minimum Gasteiger partial charge on any atom is -0.482 e. The number of fused-ring (bicyclic) bond motifs is 1. The number of carbonyl (C=O) groups is 2. The van der Waals surface area contributed by atoms with Crippen LogP contribution in [0.2, 0.25) is 0 Å². The Morgan fingerprint density at radius 3 is 2.56 bits per heavy atom. The molecule has 0 fully saturated rings. The van der Waals surface area contributed by atoms with Gasteiger partial charge in [0.1, 0.15) is 5.75 Å². The highest BCUT2D eigenvalue weighted by Gasteiger charge is 2.20. The Hall–Kier alpha value is -2.14. The lowest BCUT2D eigenvalue weighted by Gasteiger charge is -2.13. The van der Waals surface area contributed by atoms with Crippen LogP contribution in [0.1, 0.15) is 34.8 Å². The summed E-state index contributed by atoms with van der Waals surface area (Å²) in [5.41, 5.74) is 3.14. The Balaban J connectivity index is 1.51. The van der Waals surface area contributed by atoms with Crippen molar-refractivity contribution in [2.45, 2.75) is 32.3 Å². The molecular formula is C20H19BrO4. The van der Waals surface area contributed by atoms with Gasteiger partial charge in [-0.15, -0.1) is 0 Å². The summed E-state index contributed by atoms with van der Waals surface area (Å²) in [5.74, 6) is -0.138. The number of carbonyl (C=O) groups excluding carboxylic acids is 2. The number of hydrogen-bond acceptors (Lipinski definition) is 4. The van der Waals surface area contributed by atoms with Crippen molar-refractivity contribution in [3.05, 3.63) is 63.6 Å². The topological polar surface area (TPSA) is 52.6 Å². The Morgan fingerprint density at radius 1 is 1.08 bits per heavy atom. The fraction of sp³-hybridized carbons (Fsp3) is 0.300. The molecule has 2 aromatic carbocycles. The largest absolute Gasteiger partial charge is 0.482 e. The molecule has 4 nitrogen and oxygen atoms in total. The SMILES string of the molecule is C[C@@H](OC(=O)COc1ccc2c(c1)CCC2)C(=O)c1ccc(Br)cc1. The summed E-state index contributed by atoms with van der Waals surface area (Å²) in [6.45, 7) is 1.36. The maximum atomic E-state index is 12.3. The van der Waals surface area contributed by atoms with Crippen molar-refractivity contribution in [2.24, 2.45) is 0 Å². The molecule has 0 saturated carbocycles. The van der Waals surface area contributed by atoms with Gasteiger partial charge in [-0.25, -0.2) is 4.79 Å². The Morgan fingerprint density at radius 2 is 1.80 bits per heavy atom. The molecule has 0 amide bonds. The number of rotatable bonds is 6. The molecule has 0 N–H and O–H groups in total. The van der Waals surface area contributed by atoms with Gasteiger partial charge in [-0.2, -0.15) is 0 Å². The molecule has 0 heterocycles. The van der Waals surface area contributed by atoms with E-state index in [4.69, 9.17) is 9.47 Å². The van der Waals surface area contributed by atoms with Crippen molar-refractivity contribution < 1.29 is 19.1 Å². The predicted octanol–water partition coefficient (Wildman–Crippen LogP) is 4.13. The molecule has 0 aliphatic heterocycles. The van der Waals surface area contributed by atoms with Gasteiger partial charge in [-0.3, -0.25) is 4.79 Å². The summed E-state index contributed by atoms with van der Waals surface area (Å²) < 4.78 is 11.6. The number of ether oxygens (including phenoxy) is 2. The van der Waals surface area contributed by atoms with Crippen LogP contribution in [-0.4, -0.2) is 24.5 Å². The molecule has 1 aliphatic carbocycles. The molecule has 0 saturated heterocycles. The Bertz CT molecular complexity index is 783. The average molecular weight is 403 g/mol. The lowest BCUT2D eigenvalue weighted by molar-refractivity contribution is -0.148. The van der Waals surface area contributed by atoms with Gasteiger partial charge in [-0.1, -0.05) is 34.1 Å². The number of aryl methyl sites for hydroxylation is 2. The highest BCUT2D eigenvalue weighted by molar-refractivity contribution is 9.10. The van der Waals surface area contributed by atoms with Crippen LogP contribution < -0.4 is 4.74 Å². The molecule has 0 unspecified atom stereocenters. The van der Waals surface area contributed by atoms with Gasteiger partial charge >= 0.3 is 5.97 Å². The predicted molar refractivity (Wildman–Crippen MR) is 98.0 cm³/mol. The quantitative estimate of drug-likeness (QED) is 0.538. The average Bonchev–Trinajstić information content (AvgIpc) is 3.07. The van der Waals surface area contributed by atoms with Crippen LogP contribution >= 0.6 is 15.9 Å². The monoisotopic (exact) mass is 402 g/mol. The minimum absolute atomic E-state index is 0.212. The Kier molecular flexibility index (Phi) is 5.53. The summed E-state index contributed by atoms with van der Waals surface area (Å²) in [5, 5.41) is 0. The zero-order valence-corrected chi connectivity index (χ0v) is 15.5. The number of hydrogen-bond donors (Lipinski definition) is 0. The minimum atomic E-state index is -0.850. The lowest BCUT2D eigenvalue weighted by atomic mass is 10.1. The highest BCUT2D eigenvalue weighted by atomic mass is 79.9. The normalized spacial score (nSPS) is 13.8. The van der Waals surface area contributed by atoms with E-state index in [-0.39, 0.29) is 12.4 Å². The molecular weight excluding hydrogens is 384 g/mol. The van der Waals surface area contributed by atoms with Crippen LogP contribution in [0.15, 0.2) is 46.9 Å². The molecule has 2 aromatic rings. The lowest BCUT2D eigenvalue weighted by Crippen LogP contribution is -2.27. The summed E-state index contributed by atoms with van der Waals surface area (Å²) in [4.78, 5) is 24.2. The smallest absolute Gasteiger partial charge is 0.344 e. The molecule has 1 atom stereocenters. The summed E-state index contributed by atoms with van der Waals surface area (Å²) >= 11 is 3.32. The van der Waals surface area contributed by atoms with Crippen LogP contribution in [0.25, 0.3) is 0 Å². The van der Waals surface area contributed by atoms with E-state index in [1.165, 1.54) is 11.1 Å². The first kappa shape index (κ1) is 17.7. The molecule has 5 heteroatoms. The van der Waals surface area contributed by atoms with E-state index in [2.05, 4.69) is 15.9 Å². The molecule has 3 rings (SSSR count). The van der Waals surface area contributed by atoms with Crippen molar-refractivity contribution in [3.63, 3.8) is 0 Å². The van der Waals surface area contributed by atoms with Gasteiger partial charge in [0.15, 0.2) is 12.7 Å². The number of Topliss-reactive ketones (excluding diaryl/α,β-unsaturated/α-hetero) is 1. The number of halogens is 1. The van der Waals surface area contributed by atoms with Crippen LogP contribution in [0.5, 0.6) is 5.75 Å². The van der Waals surface area contributed by atoms with E-state index >= 15 is 0 Å². The van der Waals surface area contributed by atoms with Crippen LogP contribution in [0.3, 0.4) is 0 Å². The molecule has 130 valence electrons. The van der Waals surface area contributed by atoms with Crippen molar-refractivity contribution in [1.82, 2.24) is 0 Å². The van der Waals surface area contributed by atoms with E-state index in [1.54, 1.807) is 31.2 Å². The summed E-state index contributed by atoms with van der Waals surface area (Å²) in [6.07, 6.45) is 2.47. The van der Waals surface area contributed by atoms with Crippen molar-refractivity contribution in [1.29, 1.82) is 0 Å². The fourth-order valence-corrected chi connectivity index (χ4v) is 3.18. The summed E-state index contributed by atoms with van der Waals surface area (Å²) in [6, 6.07) is 12.8. The zero-order chi connectivity index (χ0) is 17.8. The maximum absolute atomic E-state index is 12.3. The maximum Gasteiger partial charge on any atom is 0.344 e. The third kappa shape index (κ3) is 4.48. The fourth-order valence-electron chi connectivity index (χ4n) is 2.91. The van der Waals surface area contributed by atoms with Crippen LogP contribution in [-0.2, 0) is 22.4 Å². The van der Waals surface area contributed by atoms with Gasteiger partial charge in [0.2, 0.25) is 5.78 Å². The van der Waals surface area contributed by atoms with Gasteiger partial charge < -0.3 is 9.47 Å². The first-order chi connectivity index (χ1) is 12.0. The van der Waals surface area contributed by atoms with E-state index in [9.17, 15) is 9.59 Å². The van der Waals surface area contributed by atoms with E-state index in [0.717, 1.165) is 23.7 Å². The van der Waals surface area contributed by atoms with Gasteiger partial charge in [0, 0.05) is 10.0 Å². The highest BCUT2D eigenvalue weighted by Crippen LogP contribution is 2.26. The van der Waals surface area contributed by atoms with Crippen molar-refractivity contribution in [2.75, 3.05) is 6.61 Å². The molecule has 25 heavy (non-hydrogen) atoms. The molecule has 0 aromatic heterocycles. The van der Waals surface area contributed by atoms with Crippen molar-refractivity contribution in [3.8, 4) is 5.75 Å². The molecule has 0 bridgehead atoms.